The van der Waals surface area contributed by atoms with Crippen LogP contribution in [0.2, 0.25) is 0 Å². The SMILES string of the molecule is O=C(N1N=CCC1c1cc(F)cc(F)c1)C12CC(CN3C(=O)C4(CC4)c4ccccc43)(C1)C2. The van der Waals surface area contributed by atoms with Crippen LogP contribution in [0.4, 0.5) is 14.5 Å². The maximum absolute atomic E-state index is 13.8. The summed E-state index contributed by atoms with van der Waals surface area (Å²) in [6.07, 6.45) is 6.11. The topological polar surface area (TPSA) is 53.0 Å². The van der Waals surface area contributed by atoms with Crippen LogP contribution in [0, 0.1) is 22.5 Å². The van der Waals surface area contributed by atoms with Crippen molar-refractivity contribution in [2.75, 3.05) is 11.4 Å². The van der Waals surface area contributed by atoms with Gasteiger partial charge >= 0.3 is 0 Å². The van der Waals surface area contributed by atoms with Crippen molar-refractivity contribution in [2.45, 2.75) is 50.0 Å². The standard InChI is InChI=1S/C26H23F2N3O2/c27-17-9-16(10-18(28)11-17)20-5-8-29-31(20)22(32)25-12-24(13-25,14-25)15-30-21-4-2-1-3-19(21)26(6-7-26)23(30)33/h1-4,8-11,20H,5-7,12-15H2. The molecule has 5 nitrogen and oxygen atoms in total. The van der Waals surface area contributed by atoms with Crippen LogP contribution in [0.3, 0.4) is 0 Å². The predicted molar refractivity (Wildman–Crippen MR) is 117 cm³/mol. The number of amides is 2. The van der Waals surface area contributed by atoms with Gasteiger partial charge < -0.3 is 4.90 Å². The lowest BCUT2D eigenvalue weighted by Gasteiger charge is -2.70. The maximum Gasteiger partial charge on any atom is 0.249 e. The number of hydrazone groups is 1. The molecule has 6 aliphatic rings. The molecule has 8 rings (SSSR count). The number of halogens is 2. The van der Waals surface area contributed by atoms with Crippen LogP contribution in [0.15, 0.2) is 47.6 Å². The summed E-state index contributed by atoms with van der Waals surface area (Å²) in [4.78, 5) is 28.6. The minimum atomic E-state index is -0.655. The van der Waals surface area contributed by atoms with Gasteiger partial charge in [0.25, 0.3) is 0 Å². The Balaban J connectivity index is 1.08. The van der Waals surface area contributed by atoms with E-state index in [1.807, 2.05) is 23.1 Å². The van der Waals surface area contributed by atoms with Crippen LogP contribution >= 0.6 is 0 Å². The Morgan fingerprint density at radius 3 is 2.45 bits per heavy atom. The van der Waals surface area contributed by atoms with Crippen molar-refractivity contribution in [2.24, 2.45) is 15.9 Å². The highest BCUT2D eigenvalue weighted by atomic mass is 19.1. The Morgan fingerprint density at radius 1 is 1.06 bits per heavy atom. The number of carbonyl (C=O) groups is 2. The minimum absolute atomic E-state index is 0.0250. The van der Waals surface area contributed by atoms with Crippen molar-refractivity contribution in [1.29, 1.82) is 0 Å². The Labute approximate surface area is 190 Å². The first-order valence-electron chi connectivity index (χ1n) is 11.6. The minimum Gasteiger partial charge on any atom is -0.311 e. The average Bonchev–Trinajstić information content (AvgIpc) is 3.33. The summed E-state index contributed by atoms with van der Waals surface area (Å²) < 4.78 is 27.5. The third kappa shape index (κ3) is 2.48. The van der Waals surface area contributed by atoms with Crippen molar-refractivity contribution in [1.82, 2.24) is 5.01 Å². The molecule has 2 aromatic carbocycles. The molecule has 2 heterocycles. The number of rotatable bonds is 4. The number of hydrogen-bond acceptors (Lipinski definition) is 3. The molecule has 0 aromatic heterocycles. The van der Waals surface area contributed by atoms with Crippen molar-refractivity contribution in [3.8, 4) is 0 Å². The van der Waals surface area contributed by atoms with Gasteiger partial charge in [-0.05, 0) is 66.8 Å². The molecule has 4 saturated carbocycles. The molecule has 1 atom stereocenters. The van der Waals surface area contributed by atoms with Crippen LogP contribution in [-0.4, -0.2) is 29.6 Å². The maximum atomic E-state index is 13.8. The van der Waals surface area contributed by atoms with E-state index in [1.54, 1.807) is 6.21 Å². The van der Waals surface area contributed by atoms with E-state index in [0.717, 1.165) is 49.4 Å². The molecule has 4 aliphatic carbocycles. The third-order valence-corrected chi connectivity index (χ3v) is 8.51. The summed E-state index contributed by atoms with van der Waals surface area (Å²) >= 11 is 0. The second-order valence-electron chi connectivity index (χ2n) is 10.7. The van der Waals surface area contributed by atoms with E-state index >= 15 is 0 Å². The number of nitrogens with zero attached hydrogens (tertiary/aromatic N) is 3. The number of para-hydroxylation sites is 1. The quantitative estimate of drug-likeness (QED) is 0.694. The molecule has 2 aliphatic heterocycles. The van der Waals surface area contributed by atoms with Gasteiger partial charge in [0.1, 0.15) is 11.6 Å². The Hall–Kier alpha value is -3.09. The van der Waals surface area contributed by atoms with Gasteiger partial charge in [-0.15, -0.1) is 0 Å². The lowest BCUT2D eigenvalue weighted by atomic mass is 9.34. The first-order valence-corrected chi connectivity index (χ1v) is 11.6. The monoisotopic (exact) mass is 447 g/mol. The molecule has 2 amide bonds. The molecule has 7 heteroatoms. The Bertz CT molecular complexity index is 1230. The number of benzene rings is 2. The zero-order valence-electron chi connectivity index (χ0n) is 18.1. The van der Waals surface area contributed by atoms with Crippen LogP contribution in [0.1, 0.15) is 55.7 Å². The summed E-state index contributed by atoms with van der Waals surface area (Å²) in [6.45, 7) is 0.654. The molecule has 4 fully saturated rings. The molecule has 2 aromatic rings. The van der Waals surface area contributed by atoms with Crippen LogP contribution in [0.5, 0.6) is 0 Å². The zero-order chi connectivity index (χ0) is 22.6. The first-order chi connectivity index (χ1) is 15.8. The van der Waals surface area contributed by atoms with Crippen molar-refractivity contribution >= 4 is 23.7 Å². The van der Waals surface area contributed by atoms with Crippen molar-refractivity contribution in [3.05, 3.63) is 65.2 Å². The fourth-order valence-corrected chi connectivity index (χ4v) is 6.99. The number of anilines is 1. The average molecular weight is 447 g/mol. The van der Waals surface area contributed by atoms with Gasteiger partial charge in [-0.2, -0.15) is 5.10 Å². The molecular weight excluding hydrogens is 424 g/mol. The van der Waals surface area contributed by atoms with Gasteiger partial charge in [0.05, 0.1) is 16.9 Å². The zero-order valence-corrected chi connectivity index (χ0v) is 18.1. The van der Waals surface area contributed by atoms with Crippen molar-refractivity contribution < 1.29 is 18.4 Å². The molecule has 1 unspecified atom stereocenters. The second kappa shape index (κ2) is 6.07. The van der Waals surface area contributed by atoms with Gasteiger partial charge in [-0.1, -0.05) is 18.2 Å². The molecule has 0 N–H and O–H groups in total. The lowest BCUT2D eigenvalue weighted by molar-refractivity contribution is -0.214. The largest absolute Gasteiger partial charge is 0.311 e. The number of fused-ring (bicyclic) bond motifs is 2. The third-order valence-electron chi connectivity index (χ3n) is 8.51. The van der Waals surface area contributed by atoms with E-state index in [0.29, 0.717) is 18.5 Å². The fourth-order valence-electron chi connectivity index (χ4n) is 6.99. The fraction of sp³-hybridized carbons (Fsp3) is 0.423. The van der Waals surface area contributed by atoms with Crippen molar-refractivity contribution in [3.63, 3.8) is 0 Å². The summed E-state index contributed by atoms with van der Waals surface area (Å²) in [5.41, 5.74) is 1.82. The highest BCUT2D eigenvalue weighted by molar-refractivity contribution is 6.10. The van der Waals surface area contributed by atoms with Crippen LogP contribution in [-0.2, 0) is 15.0 Å². The van der Waals surface area contributed by atoms with Gasteiger partial charge in [0, 0.05) is 30.9 Å². The molecule has 33 heavy (non-hydrogen) atoms. The van der Waals surface area contributed by atoms with E-state index in [4.69, 9.17) is 0 Å². The van der Waals surface area contributed by atoms with E-state index in [-0.39, 0.29) is 22.6 Å². The summed E-state index contributed by atoms with van der Waals surface area (Å²) in [5.74, 6) is -1.17. The first kappa shape index (κ1) is 19.4. The molecule has 2 bridgehead atoms. The van der Waals surface area contributed by atoms with E-state index in [2.05, 4.69) is 11.2 Å². The predicted octanol–water partition coefficient (Wildman–Crippen LogP) is 4.47. The van der Waals surface area contributed by atoms with Crippen LogP contribution < -0.4 is 4.90 Å². The Kier molecular flexibility index (Phi) is 3.57. The van der Waals surface area contributed by atoms with Gasteiger partial charge in [0.2, 0.25) is 11.8 Å². The lowest BCUT2D eigenvalue weighted by Crippen LogP contribution is -2.70. The van der Waals surface area contributed by atoms with E-state index in [1.165, 1.54) is 17.1 Å². The molecule has 0 radical (unpaired) electrons. The summed E-state index contributed by atoms with van der Waals surface area (Å²) in [7, 11) is 0. The highest BCUT2D eigenvalue weighted by Crippen LogP contribution is 2.75. The molecule has 1 spiro atoms. The molecule has 168 valence electrons. The number of carbonyl (C=O) groups excluding carboxylic acids is 2. The van der Waals surface area contributed by atoms with Gasteiger partial charge in [-0.3, -0.25) is 9.59 Å². The molecular formula is C26H23F2N3O2. The van der Waals surface area contributed by atoms with Gasteiger partial charge in [-0.25, -0.2) is 13.8 Å². The number of hydrogen-bond donors (Lipinski definition) is 0. The highest BCUT2D eigenvalue weighted by Gasteiger charge is 2.73. The van der Waals surface area contributed by atoms with Crippen LogP contribution in [0.25, 0.3) is 0 Å². The normalized spacial score (nSPS) is 32.1. The summed E-state index contributed by atoms with van der Waals surface area (Å²) in [6, 6.07) is 11.0. The summed E-state index contributed by atoms with van der Waals surface area (Å²) in [5, 5.41) is 5.69. The smallest absolute Gasteiger partial charge is 0.249 e. The van der Waals surface area contributed by atoms with E-state index in [9.17, 15) is 18.4 Å². The molecule has 0 saturated heterocycles. The van der Waals surface area contributed by atoms with E-state index < -0.39 is 23.1 Å². The van der Waals surface area contributed by atoms with Gasteiger partial charge in [0.15, 0.2) is 0 Å². The second-order valence-corrected chi connectivity index (χ2v) is 10.7. The Morgan fingerprint density at radius 2 is 1.76 bits per heavy atom.